The number of amides is 1. The Bertz CT molecular complexity index is 540. The number of hydrogen-bond donors (Lipinski definition) is 3. The van der Waals surface area contributed by atoms with Crippen molar-refractivity contribution < 1.29 is 14.6 Å². The largest absolute Gasteiger partial charge is 0.507 e. The molecule has 114 valence electrons. The Kier molecular flexibility index (Phi) is 3.76. The Hall–Kier alpha value is -1.75. The van der Waals surface area contributed by atoms with Crippen LogP contribution in [0.3, 0.4) is 0 Å². The first kappa shape index (κ1) is 14.2. The molecule has 1 saturated heterocycles. The zero-order valence-corrected chi connectivity index (χ0v) is 12.3. The van der Waals surface area contributed by atoms with Crippen LogP contribution >= 0.6 is 0 Å². The number of ether oxygens (including phenoxy) is 1. The van der Waals surface area contributed by atoms with Crippen LogP contribution in [0.1, 0.15) is 42.5 Å². The molecular weight excluding hydrogens is 268 g/mol. The van der Waals surface area contributed by atoms with Crippen molar-refractivity contribution in [3.63, 3.8) is 0 Å². The van der Waals surface area contributed by atoms with Gasteiger partial charge in [0, 0.05) is 17.6 Å². The van der Waals surface area contributed by atoms with Gasteiger partial charge in [-0.2, -0.15) is 0 Å². The molecule has 1 aromatic rings. The van der Waals surface area contributed by atoms with Crippen molar-refractivity contribution in [3.05, 3.63) is 23.8 Å². The fourth-order valence-corrected chi connectivity index (χ4v) is 3.36. The van der Waals surface area contributed by atoms with Crippen LogP contribution in [0.15, 0.2) is 18.2 Å². The Labute approximate surface area is 124 Å². The number of hydrogen-bond acceptors (Lipinski definition) is 4. The quantitative estimate of drug-likeness (QED) is 0.794. The summed E-state index contributed by atoms with van der Waals surface area (Å²) in [6, 6.07) is 4.93. The molecular formula is C16H22N2O3. The summed E-state index contributed by atoms with van der Waals surface area (Å²) in [4.78, 5) is 12.3. The molecule has 1 atom stereocenters. The van der Waals surface area contributed by atoms with E-state index in [0.717, 1.165) is 19.4 Å². The van der Waals surface area contributed by atoms with Gasteiger partial charge in [-0.1, -0.05) is 0 Å². The summed E-state index contributed by atoms with van der Waals surface area (Å²) >= 11 is 0. The van der Waals surface area contributed by atoms with E-state index >= 15 is 0 Å². The molecule has 0 bridgehead atoms. The van der Waals surface area contributed by atoms with Gasteiger partial charge in [0.05, 0.1) is 12.7 Å². The van der Waals surface area contributed by atoms with Crippen LogP contribution in [0.25, 0.3) is 0 Å². The Morgan fingerprint density at radius 2 is 2.29 bits per heavy atom. The maximum absolute atomic E-state index is 12.3. The van der Waals surface area contributed by atoms with Gasteiger partial charge in [-0.3, -0.25) is 4.79 Å². The minimum absolute atomic E-state index is 0.0425. The van der Waals surface area contributed by atoms with Crippen molar-refractivity contribution in [2.24, 2.45) is 0 Å². The highest BCUT2D eigenvalue weighted by molar-refractivity contribution is 5.97. The number of carbonyl (C=O) groups is 1. The molecule has 1 spiro atoms. The fraction of sp³-hybridized carbons (Fsp3) is 0.562. The minimum Gasteiger partial charge on any atom is -0.507 e. The van der Waals surface area contributed by atoms with Crippen molar-refractivity contribution in [1.82, 2.24) is 10.6 Å². The SMILES string of the molecule is COc1ccc(C(=O)NC2CCNC3(CCC3)C2)c(O)c1. The maximum Gasteiger partial charge on any atom is 0.255 e. The number of carbonyl (C=O) groups excluding carboxylic acids is 1. The van der Waals surface area contributed by atoms with E-state index < -0.39 is 0 Å². The van der Waals surface area contributed by atoms with Crippen molar-refractivity contribution in [2.45, 2.75) is 43.7 Å². The first-order chi connectivity index (χ1) is 10.1. The Balaban J connectivity index is 1.65. The van der Waals surface area contributed by atoms with Crippen LogP contribution in [-0.2, 0) is 0 Å². The molecule has 1 aliphatic heterocycles. The summed E-state index contributed by atoms with van der Waals surface area (Å²) in [6.07, 6.45) is 5.59. The van der Waals surface area contributed by atoms with E-state index in [4.69, 9.17) is 4.74 Å². The van der Waals surface area contributed by atoms with Crippen molar-refractivity contribution in [2.75, 3.05) is 13.7 Å². The minimum atomic E-state index is -0.212. The molecule has 5 heteroatoms. The Morgan fingerprint density at radius 1 is 1.48 bits per heavy atom. The van der Waals surface area contributed by atoms with Crippen molar-refractivity contribution in [1.29, 1.82) is 0 Å². The van der Waals surface area contributed by atoms with Crippen LogP contribution in [0, 0.1) is 0 Å². The lowest BCUT2D eigenvalue weighted by molar-refractivity contribution is 0.0850. The second-order valence-electron chi connectivity index (χ2n) is 6.11. The molecule has 3 rings (SSSR count). The van der Waals surface area contributed by atoms with Gasteiger partial charge < -0.3 is 20.5 Å². The van der Waals surface area contributed by atoms with Gasteiger partial charge in [0.25, 0.3) is 5.91 Å². The normalized spacial score (nSPS) is 23.4. The van der Waals surface area contributed by atoms with Gasteiger partial charge in [0.15, 0.2) is 0 Å². The molecule has 1 aliphatic carbocycles. The molecule has 1 amide bonds. The zero-order chi connectivity index (χ0) is 14.9. The molecule has 1 saturated carbocycles. The first-order valence-electron chi connectivity index (χ1n) is 7.55. The maximum atomic E-state index is 12.3. The van der Waals surface area contributed by atoms with E-state index in [-0.39, 0.29) is 23.2 Å². The van der Waals surface area contributed by atoms with Gasteiger partial charge in [0.1, 0.15) is 11.5 Å². The molecule has 5 nitrogen and oxygen atoms in total. The molecule has 21 heavy (non-hydrogen) atoms. The topological polar surface area (TPSA) is 70.6 Å². The van der Waals surface area contributed by atoms with Gasteiger partial charge in [-0.15, -0.1) is 0 Å². The molecule has 3 N–H and O–H groups in total. The van der Waals surface area contributed by atoms with Crippen LogP contribution in [0.4, 0.5) is 0 Å². The fourth-order valence-electron chi connectivity index (χ4n) is 3.36. The number of phenolic OH excluding ortho intramolecular Hbond substituents is 1. The number of piperidine rings is 1. The number of rotatable bonds is 3. The molecule has 2 aliphatic rings. The number of aromatic hydroxyl groups is 1. The lowest BCUT2D eigenvalue weighted by Crippen LogP contribution is -2.59. The summed E-state index contributed by atoms with van der Waals surface area (Å²) in [5.41, 5.74) is 0.551. The first-order valence-corrected chi connectivity index (χ1v) is 7.55. The zero-order valence-electron chi connectivity index (χ0n) is 12.3. The van der Waals surface area contributed by atoms with E-state index in [1.165, 1.54) is 32.4 Å². The predicted molar refractivity (Wildman–Crippen MR) is 79.7 cm³/mol. The van der Waals surface area contributed by atoms with Gasteiger partial charge in [0.2, 0.25) is 0 Å². The van der Waals surface area contributed by atoms with E-state index in [0.29, 0.717) is 11.3 Å². The summed E-state index contributed by atoms with van der Waals surface area (Å²) in [6.45, 7) is 0.944. The highest BCUT2D eigenvalue weighted by Crippen LogP contribution is 2.38. The average Bonchev–Trinajstić information content (AvgIpc) is 2.45. The highest BCUT2D eigenvalue weighted by atomic mass is 16.5. The van der Waals surface area contributed by atoms with Crippen molar-refractivity contribution in [3.8, 4) is 11.5 Å². The van der Waals surface area contributed by atoms with Crippen molar-refractivity contribution >= 4 is 5.91 Å². The monoisotopic (exact) mass is 290 g/mol. The third-order valence-corrected chi connectivity index (χ3v) is 4.73. The van der Waals surface area contributed by atoms with E-state index in [9.17, 15) is 9.90 Å². The summed E-state index contributed by atoms with van der Waals surface area (Å²) in [5.74, 6) is 0.287. The summed E-state index contributed by atoms with van der Waals surface area (Å²) < 4.78 is 5.03. The lowest BCUT2D eigenvalue weighted by atomic mass is 9.70. The molecule has 1 heterocycles. The van der Waals surface area contributed by atoms with Crippen LogP contribution in [0.2, 0.25) is 0 Å². The van der Waals surface area contributed by atoms with Crippen LogP contribution in [-0.4, -0.2) is 36.2 Å². The van der Waals surface area contributed by atoms with Crippen LogP contribution in [0.5, 0.6) is 11.5 Å². The van der Waals surface area contributed by atoms with Gasteiger partial charge in [-0.25, -0.2) is 0 Å². The van der Waals surface area contributed by atoms with Gasteiger partial charge >= 0.3 is 0 Å². The third-order valence-electron chi connectivity index (χ3n) is 4.73. The number of benzene rings is 1. The predicted octanol–water partition coefficient (Wildman–Crippen LogP) is 1.81. The van der Waals surface area contributed by atoms with E-state index in [1.54, 1.807) is 12.1 Å². The third kappa shape index (κ3) is 2.83. The van der Waals surface area contributed by atoms with Crippen LogP contribution < -0.4 is 15.4 Å². The summed E-state index contributed by atoms with van der Waals surface area (Å²) in [5, 5.41) is 16.6. The second-order valence-corrected chi connectivity index (χ2v) is 6.11. The molecule has 1 aromatic carbocycles. The molecule has 0 radical (unpaired) electrons. The molecule has 2 fully saturated rings. The second kappa shape index (κ2) is 5.56. The lowest BCUT2D eigenvalue weighted by Gasteiger charge is -2.48. The van der Waals surface area contributed by atoms with Gasteiger partial charge in [-0.05, 0) is 50.8 Å². The number of phenols is 1. The van der Waals surface area contributed by atoms with E-state index in [2.05, 4.69) is 10.6 Å². The molecule has 1 unspecified atom stereocenters. The smallest absolute Gasteiger partial charge is 0.255 e. The highest BCUT2D eigenvalue weighted by Gasteiger charge is 2.41. The number of methoxy groups -OCH3 is 1. The standard InChI is InChI=1S/C16H22N2O3/c1-21-12-3-4-13(14(19)9-12)15(20)18-11-5-8-17-16(10-11)6-2-7-16/h3-4,9,11,17,19H,2,5-8,10H2,1H3,(H,18,20). The Morgan fingerprint density at radius 3 is 2.90 bits per heavy atom. The van der Waals surface area contributed by atoms with E-state index in [1.807, 2.05) is 0 Å². The molecule has 0 aromatic heterocycles. The average molecular weight is 290 g/mol. The number of nitrogens with one attached hydrogen (secondary N) is 2. The summed E-state index contributed by atoms with van der Waals surface area (Å²) in [7, 11) is 1.53.